The minimum Gasteiger partial charge on any atom is -0.464 e. The lowest BCUT2D eigenvalue weighted by molar-refractivity contribution is 0.133. The molecular weight excluding hydrogens is 258 g/mol. The zero-order valence-electron chi connectivity index (χ0n) is 11.9. The van der Waals surface area contributed by atoms with Crippen LogP contribution in [0.5, 0.6) is 6.01 Å². The van der Waals surface area contributed by atoms with Crippen LogP contribution in [-0.2, 0) is 0 Å². The van der Waals surface area contributed by atoms with Crippen LogP contribution < -0.4 is 15.0 Å². The molecule has 1 aromatic rings. The van der Waals surface area contributed by atoms with Gasteiger partial charge in [0.15, 0.2) is 0 Å². The number of aliphatic hydroxyl groups excluding tert-OH is 1. The van der Waals surface area contributed by atoms with Crippen molar-refractivity contribution in [2.45, 2.75) is 25.9 Å². The average Bonchev–Trinajstić information content (AvgIpc) is 3.01. The van der Waals surface area contributed by atoms with Crippen LogP contribution in [0.15, 0.2) is 0 Å². The van der Waals surface area contributed by atoms with Crippen molar-refractivity contribution in [1.29, 1.82) is 0 Å². The molecule has 2 aliphatic rings. The van der Waals surface area contributed by atoms with Crippen molar-refractivity contribution >= 4 is 11.9 Å². The molecule has 1 saturated carbocycles. The zero-order valence-corrected chi connectivity index (χ0v) is 11.9. The third-order valence-corrected chi connectivity index (χ3v) is 4.20. The molecule has 20 heavy (non-hydrogen) atoms. The second-order valence-corrected chi connectivity index (χ2v) is 5.40. The number of hydrogen-bond donors (Lipinski definition) is 2. The fourth-order valence-corrected chi connectivity index (χ4v) is 3.19. The molecule has 2 heterocycles. The van der Waals surface area contributed by atoms with E-state index in [2.05, 4.69) is 25.2 Å². The van der Waals surface area contributed by atoms with E-state index in [4.69, 9.17) is 4.74 Å². The lowest BCUT2D eigenvalue weighted by Gasteiger charge is -2.19. The summed E-state index contributed by atoms with van der Waals surface area (Å²) in [7, 11) is 1.78. The monoisotopic (exact) mass is 279 g/mol. The molecule has 0 bridgehead atoms. The van der Waals surface area contributed by atoms with Crippen LogP contribution in [0.1, 0.15) is 19.8 Å². The van der Waals surface area contributed by atoms with Gasteiger partial charge in [-0.25, -0.2) is 0 Å². The van der Waals surface area contributed by atoms with Gasteiger partial charge in [0.25, 0.3) is 0 Å². The van der Waals surface area contributed by atoms with Gasteiger partial charge in [0.1, 0.15) is 0 Å². The molecule has 7 heteroatoms. The smallest absolute Gasteiger partial charge is 0.323 e. The number of aliphatic hydroxyl groups is 1. The first-order valence-electron chi connectivity index (χ1n) is 7.21. The number of rotatable bonds is 4. The molecule has 1 aliphatic carbocycles. The van der Waals surface area contributed by atoms with Crippen molar-refractivity contribution in [2.75, 3.05) is 37.0 Å². The van der Waals surface area contributed by atoms with Crippen LogP contribution in [0.2, 0.25) is 0 Å². The average molecular weight is 279 g/mol. The largest absolute Gasteiger partial charge is 0.464 e. The minimum absolute atomic E-state index is 0.179. The van der Waals surface area contributed by atoms with Crippen molar-refractivity contribution in [3.63, 3.8) is 0 Å². The molecule has 0 radical (unpaired) electrons. The van der Waals surface area contributed by atoms with Gasteiger partial charge in [0.2, 0.25) is 11.9 Å². The van der Waals surface area contributed by atoms with E-state index in [0.29, 0.717) is 36.3 Å². The van der Waals surface area contributed by atoms with E-state index in [-0.39, 0.29) is 6.10 Å². The lowest BCUT2D eigenvalue weighted by atomic mass is 10.00. The topological polar surface area (TPSA) is 83.4 Å². The first-order valence-corrected chi connectivity index (χ1v) is 7.21. The summed E-state index contributed by atoms with van der Waals surface area (Å²) in [5, 5.41) is 12.9. The number of aromatic nitrogens is 3. The highest BCUT2D eigenvalue weighted by Gasteiger charge is 2.42. The molecule has 7 nitrogen and oxygen atoms in total. The van der Waals surface area contributed by atoms with E-state index in [1.165, 1.54) is 0 Å². The number of anilines is 2. The Morgan fingerprint density at radius 3 is 2.85 bits per heavy atom. The molecular formula is C13H21N5O2. The number of nitrogens with zero attached hydrogens (tertiary/aromatic N) is 4. The Kier molecular flexibility index (Phi) is 3.60. The maximum Gasteiger partial charge on any atom is 0.323 e. The van der Waals surface area contributed by atoms with Crippen LogP contribution in [0.4, 0.5) is 11.9 Å². The van der Waals surface area contributed by atoms with Gasteiger partial charge in [-0.2, -0.15) is 15.0 Å². The normalized spacial score (nSPS) is 28.6. The molecule has 1 saturated heterocycles. The van der Waals surface area contributed by atoms with Gasteiger partial charge >= 0.3 is 6.01 Å². The molecule has 1 aliphatic heterocycles. The summed E-state index contributed by atoms with van der Waals surface area (Å²) in [5.41, 5.74) is 0. The second kappa shape index (κ2) is 5.40. The third-order valence-electron chi connectivity index (χ3n) is 4.20. The Balaban J connectivity index is 1.81. The predicted molar refractivity (Wildman–Crippen MR) is 75.0 cm³/mol. The Morgan fingerprint density at radius 2 is 2.15 bits per heavy atom. The second-order valence-electron chi connectivity index (χ2n) is 5.40. The van der Waals surface area contributed by atoms with E-state index in [1.807, 2.05) is 6.92 Å². The van der Waals surface area contributed by atoms with Crippen LogP contribution in [0.25, 0.3) is 0 Å². The fraction of sp³-hybridized carbons (Fsp3) is 0.769. The van der Waals surface area contributed by atoms with Gasteiger partial charge in [-0.05, 0) is 25.7 Å². The Bertz CT molecular complexity index is 484. The molecule has 110 valence electrons. The summed E-state index contributed by atoms with van der Waals surface area (Å²) in [6.45, 7) is 4.14. The van der Waals surface area contributed by atoms with Crippen molar-refractivity contribution in [3.8, 4) is 6.01 Å². The number of ether oxygens (including phenoxy) is 1. The van der Waals surface area contributed by atoms with E-state index in [9.17, 15) is 5.11 Å². The molecule has 0 amide bonds. The van der Waals surface area contributed by atoms with Crippen LogP contribution in [-0.4, -0.2) is 52.9 Å². The Hall–Kier alpha value is -1.63. The Morgan fingerprint density at radius 1 is 1.30 bits per heavy atom. The number of nitrogens with one attached hydrogen (secondary N) is 1. The third kappa shape index (κ3) is 2.37. The quantitative estimate of drug-likeness (QED) is 0.831. The van der Waals surface area contributed by atoms with E-state index in [1.54, 1.807) is 7.05 Å². The molecule has 2 fully saturated rings. The number of fused-ring (bicyclic) bond motifs is 1. The predicted octanol–water partition coefficient (Wildman–Crippen LogP) is 0.519. The first-order chi connectivity index (χ1) is 9.71. The van der Waals surface area contributed by atoms with Crippen LogP contribution in [0.3, 0.4) is 0 Å². The van der Waals surface area contributed by atoms with Crippen molar-refractivity contribution < 1.29 is 9.84 Å². The van der Waals surface area contributed by atoms with Crippen LogP contribution in [0, 0.1) is 11.8 Å². The van der Waals surface area contributed by atoms with Gasteiger partial charge < -0.3 is 20.1 Å². The van der Waals surface area contributed by atoms with Gasteiger partial charge in [-0.3, -0.25) is 0 Å². The lowest BCUT2D eigenvalue weighted by Crippen LogP contribution is -2.26. The summed E-state index contributed by atoms with van der Waals surface area (Å²) in [6.07, 6.45) is 1.83. The maximum atomic E-state index is 9.99. The maximum absolute atomic E-state index is 9.99. The Labute approximate surface area is 118 Å². The molecule has 3 unspecified atom stereocenters. The summed E-state index contributed by atoms with van der Waals surface area (Å²) < 4.78 is 5.39. The zero-order chi connectivity index (χ0) is 14.1. The highest BCUT2D eigenvalue weighted by Crippen LogP contribution is 2.39. The van der Waals surface area contributed by atoms with E-state index < -0.39 is 0 Å². The summed E-state index contributed by atoms with van der Waals surface area (Å²) in [6, 6.07) is 0.347. The van der Waals surface area contributed by atoms with Gasteiger partial charge in [0.05, 0.1) is 12.7 Å². The van der Waals surface area contributed by atoms with Gasteiger partial charge in [-0.1, -0.05) is 0 Å². The molecule has 3 rings (SSSR count). The number of hydrogen-bond acceptors (Lipinski definition) is 7. The standard InChI is InChI=1S/C13H21N5O2/c1-3-20-13-16-11(14-2)15-12(17-13)18-6-8-4-5-10(19)9(8)7-18/h8-10,19H,3-7H2,1-2H3,(H,14,15,16,17). The molecule has 1 aromatic heterocycles. The van der Waals surface area contributed by atoms with Crippen molar-refractivity contribution in [3.05, 3.63) is 0 Å². The summed E-state index contributed by atoms with van der Waals surface area (Å²) >= 11 is 0. The molecule has 3 atom stereocenters. The van der Waals surface area contributed by atoms with Gasteiger partial charge in [-0.15, -0.1) is 0 Å². The van der Waals surface area contributed by atoms with Gasteiger partial charge in [0, 0.05) is 26.1 Å². The molecule has 0 spiro atoms. The van der Waals surface area contributed by atoms with Crippen molar-refractivity contribution in [2.24, 2.45) is 11.8 Å². The summed E-state index contributed by atoms with van der Waals surface area (Å²) in [4.78, 5) is 15.1. The molecule has 0 aromatic carbocycles. The van der Waals surface area contributed by atoms with E-state index in [0.717, 1.165) is 25.9 Å². The molecule has 2 N–H and O–H groups in total. The highest BCUT2D eigenvalue weighted by molar-refractivity contribution is 5.39. The van der Waals surface area contributed by atoms with Crippen molar-refractivity contribution in [1.82, 2.24) is 15.0 Å². The fourth-order valence-electron chi connectivity index (χ4n) is 3.19. The summed E-state index contributed by atoms with van der Waals surface area (Å²) in [5.74, 6) is 2.04. The van der Waals surface area contributed by atoms with Crippen LogP contribution >= 0.6 is 0 Å². The van der Waals surface area contributed by atoms with E-state index >= 15 is 0 Å². The first kappa shape index (κ1) is 13.4. The minimum atomic E-state index is -0.179. The SMILES string of the molecule is CCOc1nc(NC)nc(N2CC3CCC(O)C3C2)n1. The highest BCUT2D eigenvalue weighted by atomic mass is 16.5.